The van der Waals surface area contributed by atoms with Crippen molar-refractivity contribution in [3.8, 4) is 11.5 Å². The third kappa shape index (κ3) is 11.7. The van der Waals surface area contributed by atoms with Crippen molar-refractivity contribution in [3.05, 3.63) is 53.9 Å². The summed E-state index contributed by atoms with van der Waals surface area (Å²) in [6, 6.07) is 9.31. The number of hydrogen-bond acceptors (Lipinski definition) is 3. The van der Waals surface area contributed by atoms with E-state index in [2.05, 4.69) is 12.2 Å². The van der Waals surface area contributed by atoms with Crippen LogP contribution in [0.4, 0.5) is 0 Å². The topological polar surface area (TPSA) is 51.4 Å². The Morgan fingerprint density at radius 3 is 2.24 bits per heavy atom. The maximum atomic E-state index is 12.5. The highest BCUT2D eigenvalue weighted by atomic mass is 127. The number of methoxy groups -OCH3 is 1. The van der Waals surface area contributed by atoms with Crippen LogP contribution < -0.4 is 43.3 Å². The minimum atomic E-state index is -0.129. The Labute approximate surface area is 217 Å². The molecule has 1 amide bonds. The number of aryl methyl sites for hydroxylation is 1. The molecule has 1 heterocycles. The lowest BCUT2D eigenvalue weighted by molar-refractivity contribution is -0.671. The fourth-order valence-electron chi connectivity index (χ4n) is 3.74. The number of hydrogen-bond donors (Lipinski definition) is 1. The van der Waals surface area contributed by atoms with Gasteiger partial charge < -0.3 is 38.8 Å². The van der Waals surface area contributed by atoms with Crippen molar-refractivity contribution in [2.75, 3.05) is 13.7 Å². The molecule has 0 aliphatic carbocycles. The molecule has 0 spiro atoms. The molecule has 0 aliphatic heterocycles. The molecule has 2 rings (SSSR count). The number of pyridine rings is 1. The molecule has 184 valence electrons. The summed E-state index contributed by atoms with van der Waals surface area (Å²) in [6.45, 7) is 3.41. The van der Waals surface area contributed by atoms with Crippen LogP contribution in [0.3, 0.4) is 0 Å². The van der Waals surface area contributed by atoms with Gasteiger partial charge in [-0.2, -0.15) is 0 Å². The lowest BCUT2D eigenvalue weighted by atomic mass is 10.1. The Morgan fingerprint density at radius 2 is 1.61 bits per heavy atom. The van der Waals surface area contributed by atoms with Crippen molar-refractivity contribution in [1.29, 1.82) is 0 Å². The van der Waals surface area contributed by atoms with E-state index in [1.54, 1.807) is 19.2 Å². The number of amides is 1. The van der Waals surface area contributed by atoms with Crippen LogP contribution in [0.15, 0.2) is 42.7 Å². The Balaban J connectivity index is 0.00000544. The molecule has 0 fully saturated rings. The largest absolute Gasteiger partial charge is 1.00 e. The maximum Gasteiger partial charge on any atom is 0.251 e. The number of carbonyl (C=O) groups is 1. The van der Waals surface area contributed by atoms with E-state index in [4.69, 9.17) is 9.47 Å². The number of benzene rings is 1. The SMILES string of the molecule is CCCCCCCCCCCCOc1ccc(C(=O)NCc2ccc[n+](C)c2)cc1OC.[I-]. The van der Waals surface area contributed by atoms with Gasteiger partial charge in [-0.25, -0.2) is 4.57 Å². The van der Waals surface area contributed by atoms with Gasteiger partial charge in [-0.1, -0.05) is 64.7 Å². The average Bonchev–Trinajstić information content (AvgIpc) is 2.81. The first-order valence-corrected chi connectivity index (χ1v) is 12.2. The standard InChI is InChI=1S/C27H40N2O3.HI/c1-4-5-6-7-8-9-10-11-12-13-19-32-25-17-16-24(20-26(25)31-3)27(30)28-21-23-15-14-18-29(2)22-23;/h14-18,20,22H,4-13,19,21H2,1-3H3;1H. The fourth-order valence-corrected chi connectivity index (χ4v) is 3.74. The molecule has 1 aromatic heterocycles. The smallest absolute Gasteiger partial charge is 0.251 e. The van der Waals surface area contributed by atoms with Gasteiger partial charge in [0.1, 0.15) is 7.05 Å². The summed E-state index contributed by atoms with van der Waals surface area (Å²) >= 11 is 0. The monoisotopic (exact) mass is 568 g/mol. The van der Waals surface area contributed by atoms with Crippen molar-refractivity contribution < 1.29 is 42.8 Å². The molecule has 0 unspecified atom stereocenters. The van der Waals surface area contributed by atoms with Crippen molar-refractivity contribution in [3.63, 3.8) is 0 Å². The molecule has 6 heteroatoms. The van der Waals surface area contributed by atoms with E-state index in [-0.39, 0.29) is 29.9 Å². The van der Waals surface area contributed by atoms with E-state index in [1.165, 1.54) is 57.8 Å². The Morgan fingerprint density at radius 1 is 0.939 bits per heavy atom. The molecule has 2 aromatic rings. The van der Waals surface area contributed by atoms with Gasteiger partial charge in [-0.15, -0.1) is 0 Å². The second-order valence-electron chi connectivity index (χ2n) is 8.46. The van der Waals surface area contributed by atoms with Gasteiger partial charge in [-0.05, 0) is 30.7 Å². The number of unbranched alkanes of at least 4 members (excludes halogenated alkanes) is 9. The zero-order chi connectivity index (χ0) is 23.0. The van der Waals surface area contributed by atoms with E-state index in [9.17, 15) is 4.79 Å². The van der Waals surface area contributed by atoms with Crippen LogP contribution in [0.2, 0.25) is 0 Å². The molecule has 0 saturated heterocycles. The number of ether oxygens (including phenoxy) is 2. The molecule has 1 N–H and O–H groups in total. The molecule has 33 heavy (non-hydrogen) atoms. The zero-order valence-electron chi connectivity index (χ0n) is 20.6. The molecule has 1 aromatic carbocycles. The minimum Gasteiger partial charge on any atom is -1.00 e. The van der Waals surface area contributed by atoms with Crippen LogP contribution >= 0.6 is 0 Å². The average molecular weight is 569 g/mol. The van der Waals surface area contributed by atoms with Crippen LogP contribution in [0, 0.1) is 0 Å². The van der Waals surface area contributed by atoms with Gasteiger partial charge in [0.05, 0.1) is 13.7 Å². The van der Waals surface area contributed by atoms with E-state index < -0.39 is 0 Å². The van der Waals surface area contributed by atoms with E-state index in [0.29, 0.717) is 30.2 Å². The second-order valence-corrected chi connectivity index (χ2v) is 8.46. The molecule has 0 bridgehead atoms. The van der Waals surface area contributed by atoms with Gasteiger partial charge in [0.25, 0.3) is 5.91 Å². The van der Waals surface area contributed by atoms with Crippen molar-refractivity contribution >= 4 is 5.91 Å². The van der Waals surface area contributed by atoms with Gasteiger partial charge in [0, 0.05) is 23.7 Å². The number of rotatable bonds is 16. The number of carbonyl (C=O) groups excluding carboxylic acids is 1. The third-order valence-corrected chi connectivity index (χ3v) is 5.64. The molecule has 0 saturated carbocycles. The number of aromatic nitrogens is 1. The molecule has 0 atom stereocenters. The van der Waals surface area contributed by atoms with Crippen molar-refractivity contribution in [1.82, 2.24) is 5.32 Å². The summed E-state index contributed by atoms with van der Waals surface area (Å²) in [5.41, 5.74) is 1.61. The number of nitrogens with zero attached hydrogens (tertiary/aromatic N) is 1. The first kappa shape index (κ1) is 29.2. The van der Waals surface area contributed by atoms with Crippen LogP contribution in [-0.2, 0) is 13.6 Å². The minimum absolute atomic E-state index is 0. The van der Waals surface area contributed by atoms with Crippen molar-refractivity contribution in [2.45, 2.75) is 77.7 Å². The summed E-state index contributed by atoms with van der Waals surface area (Å²) < 4.78 is 13.3. The van der Waals surface area contributed by atoms with Crippen LogP contribution in [0.5, 0.6) is 11.5 Å². The summed E-state index contributed by atoms with van der Waals surface area (Å²) in [4.78, 5) is 12.5. The van der Waals surface area contributed by atoms with Gasteiger partial charge in [0.2, 0.25) is 0 Å². The fraction of sp³-hybridized carbons (Fsp3) is 0.556. The van der Waals surface area contributed by atoms with Gasteiger partial charge in [0.15, 0.2) is 23.9 Å². The predicted octanol–water partition coefficient (Wildman–Crippen LogP) is 2.75. The summed E-state index contributed by atoms with van der Waals surface area (Å²) in [6.07, 6.45) is 17.0. The summed E-state index contributed by atoms with van der Waals surface area (Å²) in [5, 5.41) is 2.96. The molecule has 0 radical (unpaired) electrons. The zero-order valence-corrected chi connectivity index (χ0v) is 22.7. The molecule has 0 aliphatic rings. The molecule has 5 nitrogen and oxygen atoms in total. The lowest BCUT2D eigenvalue weighted by Gasteiger charge is -2.12. The first-order valence-electron chi connectivity index (χ1n) is 12.2. The molecular formula is C27H41IN2O3. The van der Waals surface area contributed by atoms with E-state index in [0.717, 1.165) is 12.0 Å². The van der Waals surface area contributed by atoms with Crippen molar-refractivity contribution in [2.24, 2.45) is 7.05 Å². The highest BCUT2D eigenvalue weighted by Crippen LogP contribution is 2.28. The Hall–Kier alpha value is -1.83. The number of halogens is 1. The summed E-state index contributed by atoms with van der Waals surface area (Å²) in [7, 11) is 3.57. The summed E-state index contributed by atoms with van der Waals surface area (Å²) in [5.74, 6) is 1.15. The first-order chi connectivity index (χ1) is 15.6. The van der Waals surface area contributed by atoms with Crippen LogP contribution in [0.25, 0.3) is 0 Å². The Kier molecular flexibility index (Phi) is 15.6. The highest BCUT2D eigenvalue weighted by Gasteiger charge is 2.12. The highest BCUT2D eigenvalue weighted by molar-refractivity contribution is 5.94. The van der Waals surface area contributed by atoms with Gasteiger partial charge in [-0.3, -0.25) is 4.79 Å². The van der Waals surface area contributed by atoms with Crippen LogP contribution in [-0.4, -0.2) is 19.6 Å². The van der Waals surface area contributed by atoms with Gasteiger partial charge >= 0.3 is 0 Å². The predicted molar refractivity (Wildman–Crippen MR) is 129 cm³/mol. The van der Waals surface area contributed by atoms with E-state index >= 15 is 0 Å². The second kappa shape index (κ2) is 17.6. The van der Waals surface area contributed by atoms with E-state index in [1.807, 2.05) is 42.2 Å². The quantitative estimate of drug-likeness (QED) is 0.193. The Bertz CT molecular complexity index is 814. The maximum absolute atomic E-state index is 12.5. The van der Waals surface area contributed by atoms with Crippen LogP contribution in [0.1, 0.15) is 87.1 Å². The molecular weight excluding hydrogens is 527 g/mol. The number of nitrogens with one attached hydrogen (secondary N) is 1. The third-order valence-electron chi connectivity index (χ3n) is 5.64. The lowest BCUT2D eigenvalue weighted by Crippen LogP contribution is -3.00. The normalized spacial score (nSPS) is 10.4.